The molecule has 0 aromatic rings. The summed E-state index contributed by atoms with van der Waals surface area (Å²) < 4.78 is 49.7. The minimum Gasteiger partial charge on any atom is -0.394 e. The van der Waals surface area contributed by atoms with Crippen LogP contribution >= 0.6 is 0 Å². The molecule has 6 aliphatic rings. The van der Waals surface area contributed by atoms with E-state index in [9.17, 15) is 97.0 Å². The van der Waals surface area contributed by atoms with Crippen LogP contribution in [0.25, 0.3) is 0 Å². The highest BCUT2D eigenvalue weighted by Crippen LogP contribution is 2.35. The number of hydrogen-bond acceptors (Lipinski definition) is 29. The molecule has 0 aromatic carbocycles. The van der Waals surface area contributed by atoms with Crippen LogP contribution in [0.1, 0.15) is 6.92 Å². The van der Waals surface area contributed by atoms with Gasteiger partial charge in [-0.2, -0.15) is 0 Å². The third-order valence-electron chi connectivity index (χ3n) is 12.7. The molecule has 0 radical (unpaired) electrons. The molecule has 29 atom stereocenters. The van der Waals surface area contributed by atoms with E-state index in [-0.39, 0.29) is 5.57 Å². The van der Waals surface area contributed by atoms with Gasteiger partial charge < -0.3 is 145 Å². The van der Waals surface area contributed by atoms with Crippen LogP contribution in [-0.4, -0.2) is 308 Å². The first-order chi connectivity index (χ1) is 31.2. The Bertz CT molecular complexity index is 1550. The molecule has 5 heterocycles. The van der Waals surface area contributed by atoms with Crippen molar-refractivity contribution in [3.63, 3.8) is 0 Å². The second-order valence-corrected chi connectivity index (χ2v) is 17.0. The molecule has 0 saturated carbocycles. The fraction of sp³-hybridized carbons (Fsp3) is 0.946. The summed E-state index contributed by atoms with van der Waals surface area (Å²) in [6, 6.07) is -2.59. The summed E-state index contributed by atoms with van der Waals surface area (Å²) >= 11 is 0. The quantitative estimate of drug-likeness (QED) is 0.0678. The van der Waals surface area contributed by atoms with Crippen molar-refractivity contribution in [3.8, 4) is 0 Å². The molecule has 5 fully saturated rings. The zero-order valence-corrected chi connectivity index (χ0v) is 35.0. The molecule has 66 heavy (non-hydrogen) atoms. The van der Waals surface area contributed by atoms with Crippen molar-refractivity contribution in [2.75, 3.05) is 33.0 Å². The van der Waals surface area contributed by atoms with Gasteiger partial charge in [0, 0.05) is 0 Å². The monoisotopic (exact) mass is 969 g/mol. The van der Waals surface area contributed by atoms with Crippen LogP contribution in [-0.2, 0) is 42.6 Å². The van der Waals surface area contributed by atoms with Gasteiger partial charge in [-0.3, -0.25) is 0 Å². The Morgan fingerprint density at radius 1 is 0.455 bits per heavy atom. The Kier molecular flexibility index (Phi) is 18.6. The molecule has 5 aliphatic heterocycles. The maximum Gasteiger partial charge on any atom is 0.187 e. The van der Waals surface area contributed by atoms with Crippen LogP contribution in [0.15, 0.2) is 11.6 Å². The first kappa shape index (κ1) is 53.9. The molecule has 29 heteroatoms. The van der Waals surface area contributed by atoms with E-state index in [0.717, 1.165) is 0 Å². The Balaban J connectivity index is 1.06. The smallest absolute Gasteiger partial charge is 0.187 e. The highest BCUT2D eigenvalue weighted by molar-refractivity contribution is 5.23. The van der Waals surface area contributed by atoms with Gasteiger partial charge in [0.15, 0.2) is 31.5 Å². The zero-order valence-electron chi connectivity index (χ0n) is 35.0. The number of aliphatic hydroxyl groups is 19. The summed E-state index contributed by atoms with van der Waals surface area (Å²) in [5.74, 6) is 0. The van der Waals surface area contributed by atoms with E-state index in [1.807, 2.05) is 0 Å². The fourth-order valence-corrected chi connectivity index (χ4v) is 8.67. The van der Waals surface area contributed by atoms with E-state index in [2.05, 4.69) is 5.32 Å². The Hall–Kier alpha value is -1.42. The van der Waals surface area contributed by atoms with Gasteiger partial charge in [-0.05, 0) is 12.5 Å². The highest BCUT2D eigenvalue weighted by atomic mass is 16.8. The van der Waals surface area contributed by atoms with E-state index in [1.165, 1.54) is 13.0 Å². The number of aliphatic hydroxyl groups excluding tert-OH is 19. The topological polar surface area (TPSA) is 479 Å². The Labute approximate surface area is 374 Å². The van der Waals surface area contributed by atoms with Crippen molar-refractivity contribution in [3.05, 3.63) is 11.6 Å². The number of rotatable bonds is 15. The van der Waals surface area contributed by atoms with Crippen LogP contribution in [0.2, 0.25) is 0 Å². The van der Waals surface area contributed by atoms with E-state index in [0.29, 0.717) is 0 Å². The van der Waals surface area contributed by atoms with Crippen LogP contribution in [0.3, 0.4) is 0 Å². The lowest BCUT2D eigenvalue weighted by Crippen LogP contribution is -2.68. The third kappa shape index (κ3) is 10.9. The van der Waals surface area contributed by atoms with Crippen LogP contribution in [0.5, 0.6) is 0 Å². The number of nitrogens with one attached hydrogen (secondary N) is 1. The molecular weight excluding hydrogens is 906 g/mol. The van der Waals surface area contributed by atoms with Crippen molar-refractivity contribution in [1.29, 1.82) is 0 Å². The number of hydrogen-bond donors (Lipinski definition) is 20. The fourth-order valence-electron chi connectivity index (χ4n) is 8.67. The minimum atomic E-state index is -2.04. The van der Waals surface area contributed by atoms with Gasteiger partial charge in [0.05, 0.1) is 51.2 Å². The van der Waals surface area contributed by atoms with Gasteiger partial charge in [-0.15, -0.1) is 0 Å². The van der Waals surface area contributed by atoms with Crippen molar-refractivity contribution in [1.82, 2.24) is 5.32 Å². The summed E-state index contributed by atoms with van der Waals surface area (Å²) in [7, 11) is 0. The normalized spacial score (nSPS) is 52.8. The molecule has 29 unspecified atom stereocenters. The predicted octanol–water partition coefficient (Wildman–Crippen LogP) is -12.9. The predicted molar refractivity (Wildman–Crippen MR) is 203 cm³/mol. The minimum absolute atomic E-state index is 0.130. The zero-order chi connectivity index (χ0) is 48.6. The van der Waals surface area contributed by atoms with E-state index >= 15 is 0 Å². The lowest BCUT2D eigenvalue weighted by molar-refractivity contribution is -0.364. The standard InChI is InChI=1S/C37H63NO28/c1-8-15(19(46)26(53)35(59-8)65-31-12(5-41)62-34(28(55)23(31)50)58-7-14-18(45)20(47)25(52)33(57)60-14)38-10-2-9(3-39)30(22(49)16(10)43)64-37-29(56)24(51)32(13(6-42)63-37)66-36-27(54)21(48)17(44)11(4-40)61-36/h2,8,10-57H,3-7H2,1H3. The summed E-state index contributed by atoms with van der Waals surface area (Å²) in [5.41, 5.74) is -0.130. The van der Waals surface area contributed by atoms with Crippen molar-refractivity contribution >= 4 is 0 Å². The average molecular weight is 970 g/mol. The third-order valence-corrected chi connectivity index (χ3v) is 12.7. The Morgan fingerprint density at radius 2 is 0.924 bits per heavy atom. The van der Waals surface area contributed by atoms with Gasteiger partial charge in [-0.25, -0.2) is 0 Å². The second-order valence-electron chi connectivity index (χ2n) is 17.0. The molecule has 5 saturated heterocycles. The van der Waals surface area contributed by atoms with Gasteiger partial charge in [0.25, 0.3) is 0 Å². The lowest BCUT2D eigenvalue weighted by Gasteiger charge is -2.48. The van der Waals surface area contributed by atoms with E-state index in [4.69, 9.17) is 42.6 Å². The molecule has 0 aromatic heterocycles. The maximum absolute atomic E-state index is 11.3. The van der Waals surface area contributed by atoms with Gasteiger partial charge in [0.2, 0.25) is 0 Å². The molecule has 6 rings (SSSR count). The first-order valence-corrected chi connectivity index (χ1v) is 21.2. The van der Waals surface area contributed by atoms with E-state index in [1.54, 1.807) is 0 Å². The first-order valence-electron chi connectivity index (χ1n) is 21.2. The molecular formula is C37H63NO28. The van der Waals surface area contributed by atoms with Gasteiger partial charge in [-0.1, -0.05) is 6.08 Å². The summed E-state index contributed by atoms with van der Waals surface area (Å²) in [6.07, 6.45) is -46.2. The molecule has 20 N–H and O–H groups in total. The van der Waals surface area contributed by atoms with Crippen LogP contribution in [0.4, 0.5) is 0 Å². The molecule has 0 amide bonds. The maximum atomic E-state index is 11.3. The molecule has 384 valence electrons. The van der Waals surface area contributed by atoms with Crippen LogP contribution < -0.4 is 5.32 Å². The lowest BCUT2D eigenvalue weighted by atomic mass is 9.86. The van der Waals surface area contributed by atoms with Crippen molar-refractivity contribution in [2.45, 2.75) is 185 Å². The number of ether oxygens (including phenoxy) is 9. The summed E-state index contributed by atoms with van der Waals surface area (Å²) in [5, 5.41) is 202. The molecule has 1 aliphatic carbocycles. The molecule has 0 spiro atoms. The molecule has 0 bridgehead atoms. The van der Waals surface area contributed by atoms with Crippen molar-refractivity contribution in [2.24, 2.45) is 0 Å². The van der Waals surface area contributed by atoms with Gasteiger partial charge >= 0.3 is 0 Å². The molecule has 29 nitrogen and oxygen atoms in total. The average Bonchev–Trinajstić information content (AvgIpc) is 3.30. The Morgan fingerprint density at radius 3 is 1.50 bits per heavy atom. The van der Waals surface area contributed by atoms with E-state index < -0.39 is 211 Å². The van der Waals surface area contributed by atoms with Crippen molar-refractivity contribution < 1.29 is 140 Å². The summed E-state index contributed by atoms with van der Waals surface area (Å²) in [4.78, 5) is 0. The largest absolute Gasteiger partial charge is 0.394 e. The highest BCUT2D eigenvalue weighted by Gasteiger charge is 2.55. The van der Waals surface area contributed by atoms with Gasteiger partial charge in [0.1, 0.15) is 128 Å². The SMILES string of the molecule is CC1OC(OC2C(CO)OC(OCC3OC(O)C(O)C(O)C3O)C(O)C2O)C(O)C(O)C1NC1C=C(CO)C(OC2OC(CO)C(OC3OC(CO)C(O)C(O)C3O)C(O)C2O)C(O)C1O. The summed E-state index contributed by atoms with van der Waals surface area (Å²) in [6.45, 7) is -2.68. The second kappa shape index (κ2) is 22.8. The van der Waals surface area contributed by atoms with Crippen LogP contribution in [0, 0.1) is 0 Å².